The molecule has 7 heteroatoms. The van der Waals surface area contributed by atoms with Crippen molar-refractivity contribution in [3.05, 3.63) is 17.0 Å². The van der Waals surface area contributed by atoms with E-state index in [9.17, 15) is 4.79 Å². The van der Waals surface area contributed by atoms with Gasteiger partial charge in [-0.25, -0.2) is 14.8 Å². The Morgan fingerprint density at radius 1 is 1.62 bits per heavy atom. The predicted octanol–water partition coefficient (Wildman–Crippen LogP) is 1.26. The summed E-state index contributed by atoms with van der Waals surface area (Å²) in [5.41, 5.74) is -0.221. The van der Waals surface area contributed by atoms with Crippen molar-refractivity contribution in [3.63, 3.8) is 0 Å². The molecule has 13 heavy (non-hydrogen) atoms. The standard InChI is InChI=1S/C6H5ClN2O3.ClH/c1-12-5-3(6(10)11)4(7)8-2-9-5;/h2H,1H3,(H,10,11);1H. The van der Waals surface area contributed by atoms with Gasteiger partial charge in [0.2, 0.25) is 5.88 Å². The maximum Gasteiger partial charge on any atom is 0.344 e. The minimum absolute atomic E-state index is 0. The Labute approximate surface area is 85.1 Å². The van der Waals surface area contributed by atoms with Gasteiger partial charge in [-0.15, -0.1) is 12.4 Å². The van der Waals surface area contributed by atoms with Crippen LogP contribution in [0.5, 0.6) is 5.88 Å². The van der Waals surface area contributed by atoms with Crippen molar-refractivity contribution < 1.29 is 14.6 Å². The fraction of sp³-hybridized carbons (Fsp3) is 0.167. The Hall–Kier alpha value is -1.07. The van der Waals surface area contributed by atoms with E-state index in [1.807, 2.05) is 0 Å². The second-order valence-corrected chi connectivity index (χ2v) is 2.21. The van der Waals surface area contributed by atoms with Crippen LogP contribution in [0.25, 0.3) is 0 Å². The molecule has 0 atom stereocenters. The van der Waals surface area contributed by atoms with Gasteiger partial charge in [-0.2, -0.15) is 0 Å². The van der Waals surface area contributed by atoms with E-state index in [2.05, 4.69) is 14.7 Å². The lowest BCUT2D eigenvalue weighted by molar-refractivity contribution is 0.0692. The molecule has 5 nitrogen and oxygen atoms in total. The highest BCUT2D eigenvalue weighted by atomic mass is 35.5. The van der Waals surface area contributed by atoms with E-state index in [1.165, 1.54) is 7.11 Å². The first kappa shape index (κ1) is 11.9. The molecule has 0 spiro atoms. The molecule has 0 radical (unpaired) electrons. The van der Waals surface area contributed by atoms with Crippen molar-refractivity contribution in [2.75, 3.05) is 7.11 Å². The molecule has 0 aliphatic heterocycles. The van der Waals surface area contributed by atoms with Crippen LogP contribution >= 0.6 is 24.0 Å². The molecule has 1 heterocycles. The number of hydrogen-bond donors (Lipinski definition) is 1. The van der Waals surface area contributed by atoms with E-state index in [4.69, 9.17) is 16.7 Å². The fourth-order valence-electron chi connectivity index (χ4n) is 0.684. The summed E-state index contributed by atoms with van der Waals surface area (Å²) in [5, 5.41) is 8.50. The third kappa shape index (κ3) is 2.43. The number of hydrogen-bond acceptors (Lipinski definition) is 4. The lowest BCUT2D eigenvalue weighted by Crippen LogP contribution is -2.04. The number of carboxylic acids is 1. The van der Waals surface area contributed by atoms with Crippen molar-refractivity contribution in [3.8, 4) is 5.88 Å². The zero-order valence-electron chi connectivity index (χ0n) is 6.52. The van der Waals surface area contributed by atoms with Gasteiger partial charge in [0.05, 0.1) is 7.11 Å². The van der Waals surface area contributed by atoms with E-state index in [0.29, 0.717) is 0 Å². The molecule has 1 rings (SSSR count). The van der Waals surface area contributed by atoms with E-state index < -0.39 is 5.97 Å². The summed E-state index contributed by atoms with van der Waals surface area (Å²) in [7, 11) is 1.31. The molecule has 0 aliphatic rings. The summed E-state index contributed by atoms with van der Waals surface area (Å²) >= 11 is 5.49. The van der Waals surface area contributed by atoms with Crippen LogP contribution in [-0.2, 0) is 0 Å². The molecular formula is C6H6Cl2N2O3. The molecule has 0 aliphatic carbocycles. The average molecular weight is 225 g/mol. The second kappa shape index (κ2) is 4.84. The minimum atomic E-state index is -1.21. The fourth-order valence-corrected chi connectivity index (χ4v) is 0.889. The van der Waals surface area contributed by atoms with Crippen LogP contribution in [0.3, 0.4) is 0 Å². The first-order chi connectivity index (χ1) is 5.66. The molecule has 0 saturated carbocycles. The molecule has 1 aromatic rings. The summed E-state index contributed by atoms with van der Waals surface area (Å²) < 4.78 is 4.67. The van der Waals surface area contributed by atoms with E-state index >= 15 is 0 Å². The van der Waals surface area contributed by atoms with Gasteiger partial charge < -0.3 is 9.84 Å². The highest BCUT2D eigenvalue weighted by molar-refractivity contribution is 6.32. The van der Waals surface area contributed by atoms with Gasteiger partial charge in [0, 0.05) is 0 Å². The number of aromatic nitrogens is 2. The summed E-state index contributed by atoms with van der Waals surface area (Å²) in [4.78, 5) is 17.6. The quantitative estimate of drug-likeness (QED) is 0.767. The maximum absolute atomic E-state index is 10.6. The number of nitrogens with zero attached hydrogens (tertiary/aromatic N) is 2. The molecule has 0 aromatic carbocycles. The Kier molecular flexibility index (Phi) is 4.44. The topological polar surface area (TPSA) is 72.3 Å². The number of rotatable bonds is 2. The van der Waals surface area contributed by atoms with Crippen LogP contribution in [0.2, 0.25) is 5.15 Å². The molecule has 0 fully saturated rings. The Balaban J connectivity index is 0.00000144. The van der Waals surface area contributed by atoms with Gasteiger partial charge in [0.15, 0.2) is 10.7 Å². The lowest BCUT2D eigenvalue weighted by atomic mass is 10.3. The highest BCUT2D eigenvalue weighted by Crippen LogP contribution is 2.20. The number of ether oxygens (including phenoxy) is 1. The van der Waals surface area contributed by atoms with E-state index in [-0.39, 0.29) is 29.0 Å². The molecular weight excluding hydrogens is 219 g/mol. The van der Waals surface area contributed by atoms with Crippen LogP contribution in [-0.4, -0.2) is 28.2 Å². The number of methoxy groups -OCH3 is 1. The molecule has 72 valence electrons. The van der Waals surface area contributed by atoms with Gasteiger partial charge in [-0.1, -0.05) is 11.6 Å². The Morgan fingerprint density at radius 3 is 2.62 bits per heavy atom. The van der Waals surface area contributed by atoms with Crippen molar-refractivity contribution in [1.82, 2.24) is 9.97 Å². The Bertz CT molecular complexity index is 319. The van der Waals surface area contributed by atoms with Crippen molar-refractivity contribution in [2.45, 2.75) is 0 Å². The van der Waals surface area contributed by atoms with Gasteiger partial charge in [0.25, 0.3) is 0 Å². The van der Waals surface area contributed by atoms with Crippen LogP contribution < -0.4 is 4.74 Å². The summed E-state index contributed by atoms with van der Waals surface area (Å²) in [6, 6.07) is 0. The van der Waals surface area contributed by atoms with Gasteiger partial charge >= 0.3 is 5.97 Å². The SMILES string of the molecule is COc1ncnc(Cl)c1C(=O)O.Cl. The molecule has 0 unspecified atom stereocenters. The van der Waals surface area contributed by atoms with Crippen molar-refractivity contribution in [2.24, 2.45) is 0 Å². The molecule has 0 saturated heterocycles. The van der Waals surface area contributed by atoms with E-state index in [0.717, 1.165) is 6.33 Å². The highest BCUT2D eigenvalue weighted by Gasteiger charge is 2.17. The number of aromatic carboxylic acids is 1. The number of carbonyl (C=O) groups is 1. The van der Waals surface area contributed by atoms with Crippen LogP contribution in [0.1, 0.15) is 10.4 Å². The first-order valence-corrected chi connectivity index (χ1v) is 3.32. The normalized spacial score (nSPS) is 8.77. The summed E-state index contributed by atoms with van der Waals surface area (Å²) in [5.74, 6) is -1.25. The zero-order chi connectivity index (χ0) is 9.14. The summed E-state index contributed by atoms with van der Waals surface area (Å²) in [6.07, 6.45) is 1.13. The minimum Gasteiger partial charge on any atom is -0.480 e. The zero-order valence-corrected chi connectivity index (χ0v) is 8.09. The van der Waals surface area contributed by atoms with Crippen LogP contribution in [0.4, 0.5) is 0 Å². The number of halogens is 2. The van der Waals surface area contributed by atoms with Crippen molar-refractivity contribution >= 4 is 30.0 Å². The average Bonchev–Trinajstić information content (AvgIpc) is 2.03. The van der Waals surface area contributed by atoms with Gasteiger partial charge in [-0.3, -0.25) is 0 Å². The van der Waals surface area contributed by atoms with E-state index in [1.54, 1.807) is 0 Å². The maximum atomic E-state index is 10.6. The molecule has 1 N–H and O–H groups in total. The molecule has 0 amide bonds. The van der Waals surface area contributed by atoms with Gasteiger partial charge in [-0.05, 0) is 0 Å². The van der Waals surface area contributed by atoms with Gasteiger partial charge in [0.1, 0.15) is 6.33 Å². The Morgan fingerprint density at radius 2 is 2.23 bits per heavy atom. The predicted molar refractivity (Wildman–Crippen MR) is 47.8 cm³/mol. The third-order valence-electron chi connectivity index (χ3n) is 1.17. The molecule has 0 bridgehead atoms. The molecule has 1 aromatic heterocycles. The van der Waals surface area contributed by atoms with Crippen molar-refractivity contribution in [1.29, 1.82) is 0 Å². The summed E-state index contributed by atoms with van der Waals surface area (Å²) in [6.45, 7) is 0. The largest absolute Gasteiger partial charge is 0.480 e. The van der Waals surface area contributed by atoms with Crippen LogP contribution in [0, 0.1) is 0 Å². The second-order valence-electron chi connectivity index (χ2n) is 1.85. The van der Waals surface area contributed by atoms with Crippen LogP contribution in [0.15, 0.2) is 6.33 Å². The monoisotopic (exact) mass is 224 g/mol. The smallest absolute Gasteiger partial charge is 0.344 e. The first-order valence-electron chi connectivity index (χ1n) is 2.94. The number of carboxylic acid groups (broad SMARTS) is 1. The lowest BCUT2D eigenvalue weighted by Gasteiger charge is -2.02. The third-order valence-corrected chi connectivity index (χ3v) is 1.46.